The van der Waals surface area contributed by atoms with Crippen LogP contribution in [0.1, 0.15) is 6.92 Å². The van der Waals surface area contributed by atoms with Crippen molar-refractivity contribution in [3.63, 3.8) is 0 Å². The normalized spacial score (nSPS) is 10.5. The van der Waals surface area contributed by atoms with Crippen LogP contribution in [-0.4, -0.2) is 15.9 Å². The monoisotopic (exact) mass is 239 g/mol. The minimum atomic E-state index is -0.140. The summed E-state index contributed by atoms with van der Waals surface area (Å²) in [5.74, 6) is -0.140. The molecule has 0 atom stereocenters. The molecule has 2 rings (SSSR count). The maximum atomic E-state index is 11.4. The summed E-state index contributed by atoms with van der Waals surface area (Å²) in [6, 6.07) is 7.56. The average molecular weight is 239 g/mol. The summed E-state index contributed by atoms with van der Waals surface area (Å²) < 4.78 is 0. The van der Waals surface area contributed by atoms with Gasteiger partial charge >= 0.3 is 0 Å². The second-order valence-electron chi connectivity index (χ2n) is 3.70. The molecule has 0 radical (unpaired) electrons. The Labute approximate surface area is 105 Å². The first-order valence-electron chi connectivity index (χ1n) is 5.58. The lowest BCUT2D eigenvalue weighted by Gasteiger charge is -2.05. The molecule has 0 bridgehead atoms. The van der Waals surface area contributed by atoms with Gasteiger partial charge in [0.25, 0.3) is 0 Å². The van der Waals surface area contributed by atoms with Crippen LogP contribution in [0.5, 0.6) is 0 Å². The Kier molecular flexibility index (Phi) is 3.81. The smallest absolute Gasteiger partial charge is 0.248 e. The molecule has 1 heterocycles. The predicted molar refractivity (Wildman–Crippen MR) is 70.9 cm³/mol. The van der Waals surface area contributed by atoms with E-state index in [0.29, 0.717) is 0 Å². The molecule has 0 aliphatic carbocycles. The lowest BCUT2D eigenvalue weighted by Crippen LogP contribution is -2.07. The third-order valence-electron chi connectivity index (χ3n) is 2.34. The summed E-state index contributed by atoms with van der Waals surface area (Å²) in [7, 11) is 0. The molecule has 1 amide bonds. The number of carbonyl (C=O) groups is 1. The minimum absolute atomic E-state index is 0.140. The highest BCUT2D eigenvalue weighted by molar-refractivity contribution is 5.99. The molecule has 4 heteroatoms. The quantitative estimate of drug-likeness (QED) is 0.838. The third-order valence-corrected chi connectivity index (χ3v) is 2.34. The Morgan fingerprint density at radius 3 is 2.72 bits per heavy atom. The summed E-state index contributed by atoms with van der Waals surface area (Å²) in [4.78, 5) is 19.4. The van der Waals surface area contributed by atoms with Gasteiger partial charge in [-0.15, -0.1) is 0 Å². The minimum Gasteiger partial charge on any atom is -0.323 e. The molecule has 18 heavy (non-hydrogen) atoms. The molecule has 1 N–H and O–H groups in total. The van der Waals surface area contributed by atoms with Gasteiger partial charge in [-0.2, -0.15) is 0 Å². The van der Waals surface area contributed by atoms with E-state index in [4.69, 9.17) is 0 Å². The van der Waals surface area contributed by atoms with Crippen molar-refractivity contribution in [3.8, 4) is 11.1 Å². The third kappa shape index (κ3) is 3.01. The standard InChI is InChI=1S/C14H13N3O/c1-2-4-14(18)17-13-6-3-5-11(7-13)12-8-15-10-16-9-12/h2-10H,1H3,(H,17,18)/b4-2+. The number of amides is 1. The largest absolute Gasteiger partial charge is 0.323 e. The molecule has 2 aromatic rings. The highest BCUT2D eigenvalue weighted by Crippen LogP contribution is 2.20. The van der Waals surface area contributed by atoms with Crippen molar-refractivity contribution < 1.29 is 4.79 Å². The zero-order valence-corrected chi connectivity index (χ0v) is 10.00. The van der Waals surface area contributed by atoms with Crippen molar-refractivity contribution in [2.45, 2.75) is 6.92 Å². The summed E-state index contributed by atoms with van der Waals surface area (Å²) in [5.41, 5.74) is 2.63. The van der Waals surface area contributed by atoms with E-state index in [1.54, 1.807) is 25.4 Å². The molecule has 0 saturated heterocycles. The first kappa shape index (κ1) is 12.0. The average Bonchev–Trinajstić information content (AvgIpc) is 2.40. The van der Waals surface area contributed by atoms with Gasteiger partial charge in [-0.3, -0.25) is 4.79 Å². The molecule has 90 valence electrons. The van der Waals surface area contributed by atoms with Crippen LogP contribution in [0.3, 0.4) is 0 Å². The van der Waals surface area contributed by atoms with Crippen molar-refractivity contribution in [2.75, 3.05) is 5.32 Å². The van der Waals surface area contributed by atoms with Crippen molar-refractivity contribution >= 4 is 11.6 Å². The van der Waals surface area contributed by atoms with Gasteiger partial charge < -0.3 is 5.32 Å². The van der Waals surface area contributed by atoms with Gasteiger partial charge in [-0.25, -0.2) is 9.97 Å². The molecule has 1 aromatic carbocycles. The van der Waals surface area contributed by atoms with Crippen LogP contribution in [0.15, 0.2) is 55.1 Å². The van der Waals surface area contributed by atoms with Gasteiger partial charge in [-0.1, -0.05) is 18.2 Å². The molecule has 0 spiro atoms. The van der Waals surface area contributed by atoms with Crippen LogP contribution in [0, 0.1) is 0 Å². The van der Waals surface area contributed by atoms with E-state index in [2.05, 4.69) is 15.3 Å². The fraction of sp³-hybridized carbons (Fsp3) is 0.0714. The van der Waals surface area contributed by atoms with Crippen LogP contribution >= 0.6 is 0 Å². The van der Waals surface area contributed by atoms with Crippen molar-refractivity contribution in [3.05, 3.63) is 55.1 Å². The lowest BCUT2D eigenvalue weighted by molar-refractivity contribution is -0.111. The number of anilines is 1. The maximum absolute atomic E-state index is 11.4. The summed E-state index contributed by atoms with van der Waals surface area (Å²) >= 11 is 0. The molecule has 1 aromatic heterocycles. The van der Waals surface area contributed by atoms with E-state index in [1.807, 2.05) is 24.3 Å². The predicted octanol–water partition coefficient (Wildman–Crippen LogP) is 2.66. The Hall–Kier alpha value is -2.49. The Morgan fingerprint density at radius 1 is 1.22 bits per heavy atom. The first-order chi connectivity index (χ1) is 8.79. The highest BCUT2D eigenvalue weighted by atomic mass is 16.1. The van der Waals surface area contributed by atoms with Gasteiger partial charge in [0.2, 0.25) is 5.91 Å². The number of hydrogen-bond donors (Lipinski definition) is 1. The molecule has 4 nitrogen and oxygen atoms in total. The van der Waals surface area contributed by atoms with E-state index in [1.165, 1.54) is 12.4 Å². The fourth-order valence-corrected chi connectivity index (χ4v) is 1.56. The Bertz CT molecular complexity index is 564. The van der Waals surface area contributed by atoms with Crippen molar-refractivity contribution in [1.82, 2.24) is 9.97 Å². The Balaban J connectivity index is 2.23. The zero-order valence-electron chi connectivity index (χ0n) is 10.00. The number of allylic oxidation sites excluding steroid dienone is 1. The number of carbonyl (C=O) groups excluding carboxylic acids is 1. The van der Waals surface area contributed by atoms with Gasteiger partial charge in [0.15, 0.2) is 0 Å². The molecule has 0 fully saturated rings. The van der Waals surface area contributed by atoms with E-state index in [0.717, 1.165) is 16.8 Å². The van der Waals surface area contributed by atoms with E-state index < -0.39 is 0 Å². The van der Waals surface area contributed by atoms with Crippen LogP contribution in [-0.2, 0) is 4.79 Å². The highest BCUT2D eigenvalue weighted by Gasteiger charge is 2.01. The molecular formula is C14H13N3O. The number of nitrogens with zero attached hydrogens (tertiary/aromatic N) is 2. The molecule has 0 unspecified atom stereocenters. The fourth-order valence-electron chi connectivity index (χ4n) is 1.56. The first-order valence-corrected chi connectivity index (χ1v) is 5.58. The van der Waals surface area contributed by atoms with Crippen molar-refractivity contribution in [2.24, 2.45) is 0 Å². The van der Waals surface area contributed by atoms with Gasteiger partial charge in [-0.05, 0) is 30.7 Å². The summed E-state index contributed by atoms with van der Waals surface area (Å²) in [6.07, 6.45) is 8.14. The van der Waals surface area contributed by atoms with Crippen LogP contribution in [0.2, 0.25) is 0 Å². The lowest BCUT2D eigenvalue weighted by atomic mass is 10.1. The van der Waals surface area contributed by atoms with Gasteiger partial charge in [0, 0.05) is 23.6 Å². The second kappa shape index (κ2) is 5.72. The molecule has 0 aliphatic rings. The Morgan fingerprint density at radius 2 is 2.00 bits per heavy atom. The summed E-state index contributed by atoms with van der Waals surface area (Å²) in [5, 5.41) is 2.79. The number of hydrogen-bond acceptors (Lipinski definition) is 3. The van der Waals surface area contributed by atoms with Crippen LogP contribution < -0.4 is 5.32 Å². The molecular weight excluding hydrogens is 226 g/mol. The number of benzene rings is 1. The number of nitrogens with one attached hydrogen (secondary N) is 1. The van der Waals surface area contributed by atoms with Gasteiger partial charge in [0.05, 0.1) is 0 Å². The van der Waals surface area contributed by atoms with E-state index in [9.17, 15) is 4.79 Å². The van der Waals surface area contributed by atoms with E-state index >= 15 is 0 Å². The topological polar surface area (TPSA) is 54.9 Å². The van der Waals surface area contributed by atoms with Crippen LogP contribution in [0.25, 0.3) is 11.1 Å². The number of rotatable bonds is 3. The zero-order chi connectivity index (χ0) is 12.8. The summed E-state index contributed by atoms with van der Waals surface area (Å²) in [6.45, 7) is 1.80. The van der Waals surface area contributed by atoms with E-state index in [-0.39, 0.29) is 5.91 Å². The molecule has 0 saturated carbocycles. The maximum Gasteiger partial charge on any atom is 0.248 e. The second-order valence-corrected chi connectivity index (χ2v) is 3.70. The van der Waals surface area contributed by atoms with Gasteiger partial charge in [0.1, 0.15) is 6.33 Å². The molecule has 0 aliphatic heterocycles. The number of aromatic nitrogens is 2. The van der Waals surface area contributed by atoms with Crippen molar-refractivity contribution in [1.29, 1.82) is 0 Å². The van der Waals surface area contributed by atoms with Crippen LogP contribution in [0.4, 0.5) is 5.69 Å². The SMILES string of the molecule is C/C=C/C(=O)Nc1cccc(-c2cncnc2)c1.